The standard InChI is InChI=1S/C16H20O2/c17-13-7-8-14(18)16-12-6-2-4-10(12)9-3-1-5-11(9)15(13)16/h11-12,15-16H,1-8H2. The van der Waals surface area contributed by atoms with Crippen LogP contribution in [0.5, 0.6) is 0 Å². The van der Waals surface area contributed by atoms with Gasteiger partial charge in [-0.1, -0.05) is 11.1 Å². The minimum Gasteiger partial charge on any atom is -0.299 e. The van der Waals surface area contributed by atoms with Crippen LogP contribution in [0.2, 0.25) is 0 Å². The second kappa shape index (κ2) is 3.79. The maximum atomic E-state index is 12.3. The van der Waals surface area contributed by atoms with Gasteiger partial charge in [0.05, 0.1) is 0 Å². The molecule has 0 aromatic carbocycles. The zero-order valence-electron chi connectivity index (χ0n) is 10.8. The molecule has 0 heterocycles. The van der Waals surface area contributed by atoms with Crippen molar-refractivity contribution in [1.29, 1.82) is 0 Å². The van der Waals surface area contributed by atoms with Crippen molar-refractivity contribution >= 4 is 11.6 Å². The number of carbonyl (C=O) groups excluding carboxylic acids is 2. The van der Waals surface area contributed by atoms with E-state index in [0.29, 0.717) is 36.2 Å². The molecule has 4 rings (SSSR count). The van der Waals surface area contributed by atoms with Gasteiger partial charge in [-0.2, -0.15) is 0 Å². The lowest BCUT2D eigenvalue weighted by Crippen LogP contribution is -2.46. The highest BCUT2D eigenvalue weighted by Crippen LogP contribution is 2.56. The van der Waals surface area contributed by atoms with Gasteiger partial charge in [0.25, 0.3) is 0 Å². The van der Waals surface area contributed by atoms with Gasteiger partial charge in [-0.05, 0) is 50.4 Å². The maximum absolute atomic E-state index is 12.3. The van der Waals surface area contributed by atoms with Crippen LogP contribution in [-0.4, -0.2) is 11.6 Å². The van der Waals surface area contributed by atoms with E-state index in [1.54, 1.807) is 11.1 Å². The molecule has 0 aromatic heterocycles. The second-order valence-electron chi connectivity index (χ2n) is 6.53. The van der Waals surface area contributed by atoms with Gasteiger partial charge >= 0.3 is 0 Å². The summed E-state index contributed by atoms with van der Waals surface area (Å²) >= 11 is 0. The van der Waals surface area contributed by atoms with Crippen LogP contribution in [0.3, 0.4) is 0 Å². The molecule has 2 nitrogen and oxygen atoms in total. The van der Waals surface area contributed by atoms with Crippen LogP contribution in [-0.2, 0) is 9.59 Å². The Bertz CT molecular complexity index is 418. The monoisotopic (exact) mass is 244 g/mol. The third-order valence-electron chi connectivity index (χ3n) is 5.85. The Kier molecular flexibility index (Phi) is 2.30. The van der Waals surface area contributed by atoms with E-state index < -0.39 is 0 Å². The van der Waals surface area contributed by atoms with Crippen molar-refractivity contribution in [1.82, 2.24) is 0 Å². The van der Waals surface area contributed by atoms with E-state index in [4.69, 9.17) is 0 Å². The SMILES string of the molecule is O=C1CCC(=O)C2C3CCCC3=C3CCCC3C12. The highest BCUT2D eigenvalue weighted by Gasteiger charge is 2.53. The molecule has 4 aliphatic rings. The van der Waals surface area contributed by atoms with Gasteiger partial charge < -0.3 is 0 Å². The quantitative estimate of drug-likeness (QED) is 0.614. The molecule has 0 radical (unpaired) electrons. The minimum atomic E-state index is 0.0793. The first-order valence-corrected chi connectivity index (χ1v) is 7.54. The van der Waals surface area contributed by atoms with Crippen LogP contribution in [0.1, 0.15) is 51.4 Å². The summed E-state index contributed by atoms with van der Waals surface area (Å²) < 4.78 is 0. The smallest absolute Gasteiger partial charge is 0.137 e. The fraction of sp³-hybridized carbons (Fsp3) is 0.750. The number of carbonyl (C=O) groups is 2. The van der Waals surface area contributed by atoms with E-state index in [1.807, 2.05) is 0 Å². The van der Waals surface area contributed by atoms with Crippen molar-refractivity contribution in [3.63, 3.8) is 0 Å². The Labute approximate surface area is 108 Å². The molecule has 4 unspecified atom stereocenters. The van der Waals surface area contributed by atoms with Gasteiger partial charge in [0, 0.05) is 24.7 Å². The summed E-state index contributed by atoms with van der Waals surface area (Å²) in [5, 5.41) is 0. The zero-order valence-corrected chi connectivity index (χ0v) is 10.8. The Morgan fingerprint density at radius 2 is 1.11 bits per heavy atom. The number of hydrogen-bond donors (Lipinski definition) is 0. The number of allylic oxidation sites excluding steroid dienone is 2. The van der Waals surface area contributed by atoms with E-state index in [-0.39, 0.29) is 11.8 Å². The van der Waals surface area contributed by atoms with Gasteiger partial charge in [-0.15, -0.1) is 0 Å². The van der Waals surface area contributed by atoms with Crippen molar-refractivity contribution in [2.24, 2.45) is 23.7 Å². The Balaban J connectivity index is 1.85. The van der Waals surface area contributed by atoms with Crippen molar-refractivity contribution in [3.8, 4) is 0 Å². The molecule has 18 heavy (non-hydrogen) atoms. The van der Waals surface area contributed by atoms with Crippen LogP contribution >= 0.6 is 0 Å². The molecule has 0 spiro atoms. The molecule has 3 fully saturated rings. The first-order chi connectivity index (χ1) is 8.77. The van der Waals surface area contributed by atoms with Gasteiger partial charge in [-0.25, -0.2) is 0 Å². The fourth-order valence-electron chi connectivity index (χ4n) is 5.26. The normalized spacial score (nSPS) is 42.9. The van der Waals surface area contributed by atoms with Crippen LogP contribution in [0.15, 0.2) is 11.1 Å². The van der Waals surface area contributed by atoms with Crippen LogP contribution in [0.25, 0.3) is 0 Å². The number of ketones is 2. The molecule has 4 aliphatic carbocycles. The van der Waals surface area contributed by atoms with Gasteiger partial charge in [0.15, 0.2) is 0 Å². The summed E-state index contributed by atoms with van der Waals surface area (Å²) in [5.74, 6) is 1.86. The predicted molar refractivity (Wildman–Crippen MR) is 67.9 cm³/mol. The van der Waals surface area contributed by atoms with Crippen LogP contribution in [0.4, 0.5) is 0 Å². The van der Waals surface area contributed by atoms with Crippen molar-refractivity contribution < 1.29 is 9.59 Å². The molecule has 0 aromatic rings. The van der Waals surface area contributed by atoms with Crippen molar-refractivity contribution in [3.05, 3.63) is 11.1 Å². The van der Waals surface area contributed by atoms with Gasteiger partial charge in [0.1, 0.15) is 11.6 Å². The first kappa shape index (κ1) is 11.0. The Hall–Kier alpha value is -0.920. The highest BCUT2D eigenvalue weighted by molar-refractivity contribution is 5.97. The van der Waals surface area contributed by atoms with E-state index in [1.165, 1.54) is 25.7 Å². The average molecular weight is 244 g/mol. The number of hydrogen-bond acceptors (Lipinski definition) is 2. The summed E-state index contributed by atoms with van der Waals surface area (Å²) in [6, 6.07) is 0. The van der Waals surface area contributed by atoms with Crippen molar-refractivity contribution in [2.45, 2.75) is 51.4 Å². The number of rotatable bonds is 0. The highest BCUT2D eigenvalue weighted by atomic mass is 16.1. The topological polar surface area (TPSA) is 34.1 Å². The zero-order chi connectivity index (χ0) is 12.3. The predicted octanol–water partition coefficient (Wildman–Crippen LogP) is 3.06. The van der Waals surface area contributed by atoms with Crippen molar-refractivity contribution in [2.75, 3.05) is 0 Å². The molecule has 3 saturated carbocycles. The summed E-state index contributed by atoms with van der Waals surface area (Å²) in [5.41, 5.74) is 3.23. The van der Waals surface area contributed by atoms with E-state index in [2.05, 4.69) is 0 Å². The molecule has 0 saturated heterocycles. The number of fused-ring (bicyclic) bond motifs is 5. The van der Waals surface area contributed by atoms with Gasteiger partial charge in [-0.3, -0.25) is 9.59 Å². The minimum absolute atomic E-state index is 0.0793. The van der Waals surface area contributed by atoms with Gasteiger partial charge in [0.2, 0.25) is 0 Å². The van der Waals surface area contributed by atoms with E-state index in [0.717, 1.165) is 12.8 Å². The lowest BCUT2D eigenvalue weighted by Gasteiger charge is -2.42. The molecule has 2 heteroatoms. The average Bonchev–Trinajstić information content (AvgIpc) is 2.99. The third-order valence-corrected chi connectivity index (χ3v) is 5.85. The van der Waals surface area contributed by atoms with E-state index in [9.17, 15) is 9.59 Å². The summed E-state index contributed by atoms with van der Waals surface area (Å²) in [6.07, 6.45) is 8.25. The third kappa shape index (κ3) is 1.29. The maximum Gasteiger partial charge on any atom is 0.137 e. The fourth-order valence-corrected chi connectivity index (χ4v) is 5.26. The molecule has 96 valence electrons. The van der Waals surface area contributed by atoms with E-state index >= 15 is 0 Å². The van der Waals surface area contributed by atoms with Crippen LogP contribution < -0.4 is 0 Å². The molecule has 0 aliphatic heterocycles. The Morgan fingerprint density at radius 3 is 1.56 bits per heavy atom. The number of Topliss-reactive ketones (excluding diaryl/α,β-unsaturated/α-hetero) is 2. The molecule has 4 atom stereocenters. The lowest BCUT2D eigenvalue weighted by molar-refractivity contribution is -0.141. The summed E-state index contributed by atoms with van der Waals surface area (Å²) in [6.45, 7) is 0. The molecular formula is C16H20O2. The molecule has 0 bridgehead atoms. The molecule has 0 N–H and O–H groups in total. The van der Waals surface area contributed by atoms with Crippen LogP contribution in [0, 0.1) is 23.7 Å². The summed E-state index contributed by atoms with van der Waals surface area (Å²) in [7, 11) is 0. The largest absolute Gasteiger partial charge is 0.299 e. The summed E-state index contributed by atoms with van der Waals surface area (Å²) in [4.78, 5) is 24.7. The lowest BCUT2D eigenvalue weighted by atomic mass is 9.59. The Morgan fingerprint density at radius 1 is 0.667 bits per heavy atom. The molecule has 0 amide bonds. The second-order valence-corrected chi connectivity index (χ2v) is 6.53. The first-order valence-electron chi connectivity index (χ1n) is 7.54. The molecular weight excluding hydrogens is 224 g/mol.